The first kappa shape index (κ1) is 16.8. The number of hydrogen-bond acceptors (Lipinski definition) is 5. The molecule has 1 aromatic carbocycles. The van der Waals surface area contributed by atoms with E-state index < -0.39 is 0 Å². The van der Waals surface area contributed by atoms with Crippen LogP contribution in [0.5, 0.6) is 0 Å². The number of thioether (sulfide) groups is 1. The second-order valence-corrected chi connectivity index (χ2v) is 6.63. The second-order valence-electron chi connectivity index (χ2n) is 5.27. The van der Waals surface area contributed by atoms with Crippen LogP contribution < -0.4 is 5.32 Å². The molecule has 0 fully saturated rings. The molecule has 0 bridgehead atoms. The largest absolute Gasteiger partial charge is 0.411 e. The summed E-state index contributed by atoms with van der Waals surface area (Å²) < 4.78 is 5.53. The highest BCUT2D eigenvalue weighted by Gasteiger charge is 2.14. The zero-order chi connectivity index (χ0) is 16.1. The fourth-order valence-corrected chi connectivity index (χ4v) is 2.27. The second kappa shape index (κ2) is 7.65. The number of aromatic nitrogens is 2. The zero-order valence-corrected chi connectivity index (χ0v) is 14.2. The third-order valence-electron chi connectivity index (χ3n) is 3.21. The normalized spacial score (nSPS) is 12.4. The van der Waals surface area contributed by atoms with Crippen molar-refractivity contribution in [1.29, 1.82) is 0 Å². The number of nitrogens with one attached hydrogen (secondary N) is 1. The molecule has 0 aliphatic heterocycles. The van der Waals surface area contributed by atoms with Crippen molar-refractivity contribution < 1.29 is 9.21 Å². The Morgan fingerprint density at radius 2 is 1.95 bits per heavy atom. The van der Waals surface area contributed by atoms with Gasteiger partial charge in [-0.05, 0) is 37.1 Å². The van der Waals surface area contributed by atoms with Gasteiger partial charge in [0.05, 0.1) is 5.75 Å². The van der Waals surface area contributed by atoms with E-state index in [2.05, 4.69) is 29.4 Å². The molecule has 1 N–H and O–H groups in total. The van der Waals surface area contributed by atoms with Crippen LogP contribution in [-0.2, 0) is 4.79 Å². The summed E-state index contributed by atoms with van der Waals surface area (Å²) in [6, 6.07) is 7.27. The molecular formula is C15H18ClN3O2S. The van der Waals surface area contributed by atoms with Crippen molar-refractivity contribution in [2.75, 3.05) is 5.75 Å². The molecule has 1 atom stereocenters. The van der Waals surface area contributed by atoms with Crippen molar-refractivity contribution in [3.63, 3.8) is 0 Å². The predicted octanol–water partition coefficient (Wildman–Crippen LogP) is 3.64. The van der Waals surface area contributed by atoms with Gasteiger partial charge < -0.3 is 9.73 Å². The van der Waals surface area contributed by atoms with Crippen molar-refractivity contribution in [2.24, 2.45) is 5.92 Å². The molecule has 0 unspecified atom stereocenters. The minimum Gasteiger partial charge on any atom is -0.411 e. The molecule has 2 rings (SSSR count). The average Bonchev–Trinajstić information content (AvgIpc) is 2.94. The molecule has 7 heteroatoms. The van der Waals surface area contributed by atoms with Gasteiger partial charge >= 0.3 is 0 Å². The van der Waals surface area contributed by atoms with Crippen LogP contribution in [-0.4, -0.2) is 27.9 Å². The molecule has 0 saturated heterocycles. The Labute approximate surface area is 138 Å². The Balaban J connectivity index is 1.90. The van der Waals surface area contributed by atoms with Crippen LogP contribution in [0.25, 0.3) is 11.5 Å². The lowest BCUT2D eigenvalue weighted by Crippen LogP contribution is -2.37. The summed E-state index contributed by atoms with van der Waals surface area (Å²) in [7, 11) is 0. The highest BCUT2D eigenvalue weighted by atomic mass is 35.5. The summed E-state index contributed by atoms with van der Waals surface area (Å²) in [5.41, 5.74) is 0.793. The number of benzene rings is 1. The molecule has 22 heavy (non-hydrogen) atoms. The van der Waals surface area contributed by atoms with Crippen LogP contribution in [0.3, 0.4) is 0 Å². The smallest absolute Gasteiger partial charge is 0.277 e. The summed E-state index contributed by atoms with van der Waals surface area (Å²) in [5, 5.41) is 11.9. The van der Waals surface area contributed by atoms with Gasteiger partial charge in [0.25, 0.3) is 5.22 Å². The molecule has 5 nitrogen and oxygen atoms in total. The van der Waals surface area contributed by atoms with E-state index >= 15 is 0 Å². The van der Waals surface area contributed by atoms with Gasteiger partial charge in [-0.25, -0.2) is 0 Å². The van der Waals surface area contributed by atoms with E-state index in [1.807, 2.05) is 6.92 Å². The molecular weight excluding hydrogens is 322 g/mol. The monoisotopic (exact) mass is 339 g/mol. The number of carbonyl (C=O) groups is 1. The fourth-order valence-electron chi connectivity index (χ4n) is 1.57. The van der Waals surface area contributed by atoms with Gasteiger partial charge in [0, 0.05) is 16.6 Å². The van der Waals surface area contributed by atoms with Crippen LogP contribution in [0.4, 0.5) is 0 Å². The van der Waals surface area contributed by atoms with E-state index in [0.29, 0.717) is 22.1 Å². The van der Waals surface area contributed by atoms with Gasteiger partial charge in [-0.2, -0.15) is 0 Å². The minimum atomic E-state index is -0.0440. The number of amides is 1. The quantitative estimate of drug-likeness (QED) is 0.814. The van der Waals surface area contributed by atoms with Crippen LogP contribution in [0, 0.1) is 5.92 Å². The van der Waals surface area contributed by atoms with Gasteiger partial charge in [0.2, 0.25) is 11.8 Å². The van der Waals surface area contributed by atoms with E-state index in [4.69, 9.17) is 16.0 Å². The zero-order valence-electron chi connectivity index (χ0n) is 12.7. The van der Waals surface area contributed by atoms with Crippen molar-refractivity contribution >= 4 is 29.3 Å². The standard InChI is InChI=1S/C15H18ClN3O2S/c1-9(2)10(3)17-13(20)8-22-15-19-18-14(21-15)11-4-6-12(16)7-5-11/h4-7,9-10H,8H2,1-3H3,(H,17,20)/t10-/m1/s1. The average molecular weight is 340 g/mol. The Morgan fingerprint density at radius 3 is 2.59 bits per heavy atom. The molecule has 0 radical (unpaired) electrons. The predicted molar refractivity (Wildman–Crippen MR) is 87.9 cm³/mol. The van der Waals surface area contributed by atoms with E-state index in [1.54, 1.807) is 24.3 Å². The topological polar surface area (TPSA) is 68.0 Å². The van der Waals surface area contributed by atoms with Gasteiger partial charge in [-0.1, -0.05) is 37.2 Å². The SMILES string of the molecule is CC(C)[C@@H](C)NC(=O)CSc1nnc(-c2ccc(Cl)cc2)o1. The summed E-state index contributed by atoms with van der Waals surface area (Å²) in [6.07, 6.45) is 0. The Kier molecular flexibility index (Phi) is 5.85. The third-order valence-corrected chi connectivity index (χ3v) is 4.28. The summed E-state index contributed by atoms with van der Waals surface area (Å²) in [4.78, 5) is 11.8. The maximum absolute atomic E-state index is 11.8. The summed E-state index contributed by atoms with van der Waals surface area (Å²) >= 11 is 7.06. The van der Waals surface area contributed by atoms with Gasteiger partial charge in [0.1, 0.15) is 0 Å². The Hall–Kier alpha value is -1.53. The molecule has 0 aliphatic carbocycles. The highest BCUT2D eigenvalue weighted by Crippen LogP contribution is 2.24. The van der Waals surface area contributed by atoms with Crippen LogP contribution in [0.2, 0.25) is 5.02 Å². The third kappa shape index (κ3) is 4.74. The lowest BCUT2D eigenvalue weighted by Gasteiger charge is -2.16. The minimum absolute atomic E-state index is 0.0440. The highest BCUT2D eigenvalue weighted by molar-refractivity contribution is 7.99. The van der Waals surface area contributed by atoms with E-state index in [0.717, 1.165) is 5.56 Å². The first-order valence-corrected chi connectivity index (χ1v) is 8.33. The van der Waals surface area contributed by atoms with Crippen LogP contribution in [0.1, 0.15) is 20.8 Å². The fraction of sp³-hybridized carbons (Fsp3) is 0.400. The van der Waals surface area contributed by atoms with Crippen molar-refractivity contribution in [1.82, 2.24) is 15.5 Å². The molecule has 2 aromatic rings. The van der Waals surface area contributed by atoms with Gasteiger partial charge in [-0.15, -0.1) is 10.2 Å². The number of hydrogen-bond donors (Lipinski definition) is 1. The lowest BCUT2D eigenvalue weighted by molar-refractivity contribution is -0.119. The molecule has 1 amide bonds. The molecule has 118 valence electrons. The number of nitrogens with zero attached hydrogens (tertiary/aromatic N) is 2. The lowest BCUT2D eigenvalue weighted by atomic mass is 10.1. The van der Waals surface area contributed by atoms with Gasteiger partial charge in [0.15, 0.2) is 0 Å². The Morgan fingerprint density at radius 1 is 1.27 bits per heavy atom. The molecule has 0 aliphatic rings. The van der Waals surface area contributed by atoms with E-state index in [-0.39, 0.29) is 17.7 Å². The molecule has 1 heterocycles. The van der Waals surface area contributed by atoms with E-state index in [1.165, 1.54) is 11.8 Å². The Bertz CT molecular complexity index is 628. The molecule has 0 saturated carbocycles. The first-order valence-electron chi connectivity index (χ1n) is 6.97. The molecule has 0 spiro atoms. The van der Waals surface area contributed by atoms with Crippen LogP contribution in [0.15, 0.2) is 33.9 Å². The number of carbonyl (C=O) groups excluding carboxylic acids is 1. The summed E-state index contributed by atoms with van der Waals surface area (Å²) in [6.45, 7) is 6.11. The van der Waals surface area contributed by atoms with Crippen LogP contribution >= 0.6 is 23.4 Å². The van der Waals surface area contributed by atoms with Crippen molar-refractivity contribution in [3.8, 4) is 11.5 Å². The van der Waals surface area contributed by atoms with Gasteiger partial charge in [-0.3, -0.25) is 4.79 Å². The summed E-state index contributed by atoms with van der Waals surface area (Å²) in [5.74, 6) is 1.01. The first-order chi connectivity index (χ1) is 10.5. The molecule has 1 aromatic heterocycles. The number of halogens is 1. The van der Waals surface area contributed by atoms with Crippen molar-refractivity contribution in [2.45, 2.75) is 32.0 Å². The van der Waals surface area contributed by atoms with Crippen molar-refractivity contribution in [3.05, 3.63) is 29.3 Å². The number of rotatable bonds is 6. The maximum atomic E-state index is 11.8. The maximum Gasteiger partial charge on any atom is 0.277 e. The van der Waals surface area contributed by atoms with E-state index in [9.17, 15) is 4.79 Å².